The number of aliphatic hydroxyl groups excluding tert-OH is 2. The Morgan fingerprint density at radius 3 is 2.67 bits per heavy atom. The summed E-state index contributed by atoms with van der Waals surface area (Å²) in [6.07, 6.45) is -1.12. The molecule has 0 bridgehead atoms. The van der Waals surface area contributed by atoms with Crippen LogP contribution in [0.2, 0.25) is 0 Å². The van der Waals surface area contributed by atoms with Gasteiger partial charge < -0.3 is 25.0 Å². The highest BCUT2D eigenvalue weighted by Crippen LogP contribution is 2.38. The van der Waals surface area contributed by atoms with Crippen LogP contribution >= 0.6 is 0 Å². The van der Waals surface area contributed by atoms with E-state index in [1.54, 1.807) is 13.8 Å². The van der Waals surface area contributed by atoms with Crippen molar-refractivity contribution in [2.45, 2.75) is 25.6 Å². The predicted octanol–water partition coefficient (Wildman–Crippen LogP) is 0.242. The summed E-state index contributed by atoms with van der Waals surface area (Å²) in [4.78, 5) is 24.7. The van der Waals surface area contributed by atoms with Crippen molar-refractivity contribution in [1.29, 1.82) is 0 Å². The first-order valence-electron chi connectivity index (χ1n) is 6.43. The predicted molar refractivity (Wildman–Crippen MR) is 73.6 cm³/mol. The van der Waals surface area contributed by atoms with Crippen molar-refractivity contribution in [2.75, 3.05) is 18.1 Å². The van der Waals surface area contributed by atoms with Gasteiger partial charge in [-0.2, -0.15) is 0 Å². The first-order valence-corrected chi connectivity index (χ1v) is 6.43. The van der Waals surface area contributed by atoms with Gasteiger partial charge in [0.2, 0.25) is 0 Å². The van der Waals surface area contributed by atoms with E-state index in [1.807, 2.05) is 0 Å². The number of amides is 1. The third-order valence-electron chi connectivity index (χ3n) is 3.23. The van der Waals surface area contributed by atoms with E-state index in [-0.39, 0.29) is 17.8 Å². The van der Waals surface area contributed by atoms with Gasteiger partial charge in [0.05, 0.1) is 30.5 Å². The van der Waals surface area contributed by atoms with Gasteiger partial charge in [0.25, 0.3) is 5.91 Å². The molecule has 7 nitrogen and oxygen atoms in total. The van der Waals surface area contributed by atoms with Crippen LogP contribution in [-0.4, -0.2) is 52.1 Å². The maximum Gasteiger partial charge on any atom is 0.335 e. The summed E-state index contributed by atoms with van der Waals surface area (Å²) in [7, 11) is 0. The van der Waals surface area contributed by atoms with E-state index < -0.39 is 30.2 Å². The molecular weight excluding hydrogens is 278 g/mol. The molecular formula is C14H17NO6. The molecule has 0 aliphatic carbocycles. The monoisotopic (exact) mass is 295 g/mol. The average Bonchev–Trinajstić information content (AvgIpc) is 2.42. The smallest absolute Gasteiger partial charge is 0.335 e. The lowest BCUT2D eigenvalue weighted by Crippen LogP contribution is -2.54. The number of nitrogens with zero attached hydrogens (tertiary/aromatic N) is 1. The lowest BCUT2D eigenvalue weighted by Gasteiger charge is -2.39. The number of fused-ring (bicyclic) bond motifs is 1. The zero-order valence-corrected chi connectivity index (χ0v) is 11.7. The number of carboxylic acid groups (broad SMARTS) is 1. The Hall–Kier alpha value is -2.12. The Morgan fingerprint density at radius 1 is 1.43 bits per heavy atom. The molecule has 0 aromatic heterocycles. The van der Waals surface area contributed by atoms with Crippen LogP contribution in [0.15, 0.2) is 18.2 Å². The second kappa shape index (κ2) is 5.34. The molecule has 1 heterocycles. The van der Waals surface area contributed by atoms with E-state index in [1.165, 1.54) is 23.1 Å². The van der Waals surface area contributed by atoms with Crippen LogP contribution in [0.4, 0.5) is 5.69 Å². The Labute approximate surface area is 121 Å². The number of hydrogen-bond acceptors (Lipinski definition) is 5. The molecule has 0 fully saturated rings. The Morgan fingerprint density at radius 2 is 2.10 bits per heavy atom. The summed E-state index contributed by atoms with van der Waals surface area (Å²) in [5, 5.41) is 27.6. The maximum atomic E-state index is 12.4. The van der Waals surface area contributed by atoms with Crippen LogP contribution in [0.25, 0.3) is 0 Å². The minimum Gasteiger partial charge on any atom is -0.478 e. The van der Waals surface area contributed by atoms with Gasteiger partial charge in [-0.3, -0.25) is 4.79 Å². The van der Waals surface area contributed by atoms with Gasteiger partial charge in [-0.25, -0.2) is 4.79 Å². The number of carbonyl (C=O) groups excluding carboxylic acids is 1. The first kappa shape index (κ1) is 15.3. The summed E-state index contributed by atoms with van der Waals surface area (Å²) in [5.41, 5.74) is -0.854. The normalized spacial score (nSPS) is 17.9. The quantitative estimate of drug-likeness (QED) is 0.734. The Balaban J connectivity index is 2.50. The molecule has 2 rings (SSSR count). The Bertz CT molecular complexity index is 583. The summed E-state index contributed by atoms with van der Waals surface area (Å²) in [5.74, 6) is -1.18. The fourth-order valence-corrected chi connectivity index (χ4v) is 2.15. The molecule has 7 heteroatoms. The van der Waals surface area contributed by atoms with Crippen molar-refractivity contribution < 1.29 is 29.6 Å². The Kier molecular flexibility index (Phi) is 3.89. The number of anilines is 1. The SMILES string of the molecule is CC1(C)Oc2ccc(C(=O)O)cc2N(CC(O)CO)C1=O. The van der Waals surface area contributed by atoms with Crippen LogP contribution in [0, 0.1) is 0 Å². The van der Waals surface area contributed by atoms with Gasteiger partial charge in [0, 0.05) is 0 Å². The molecule has 1 aromatic rings. The van der Waals surface area contributed by atoms with Crippen molar-refractivity contribution >= 4 is 17.6 Å². The van der Waals surface area contributed by atoms with Crippen LogP contribution in [0.5, 0.6) is 5.75 Å². The van der Waals surface area contributed by atoms with Crippen molar-refractivity contribution in [3.05, 3.63) is 23.8 Å². The van der Waals surface area contributed by atoms with Crippen LogP contribution in [0.3, 0.4) is 0 Å². The number of aromatic carboxylic acids is 1. The van der Waals surface area contributed by atoms with E-state index in [2.05, 4.69) is 0 Å². The zero-order chi connectivity index (χ0) is 15.8. The third kappa shape index (κ3) is 2.84. The second-order valence-corrected chi connectivity index (χ2v) is 5.35. The molecule has 21 heavy (non-hydrogen) atoms. The highest BCUT2D eigenvalue weighted by atomic mass is 16.5. The van der Waals surface area contributed by atoms with Crippen molar-refractivity contribution in [1.82, 2.24) is 0 Å². The number of hydrogen-bond donors (Lipinski definition) is 3. The maximum absolute atomic E-state index is 12.4. The molecule has 3 N–H and O–H groups in total. The number of rotatable bonds is 4. The van der Waals surface area contributed by atoms with Gasteiger partial charge in [-0.15, -0.1) is 0 Å². The molecule has 0 saturated heterocycles. The number of β-amino-alcohol motifs (C(OH)–C–C–N with tert-alkyl or cyclic N) is 1. The molecule has 1 atom stereocenters. The largest absolute Gasteiger partial charge is 0.478 e. The number of benzene rings is 1. The average molecular weight is 295 g/mol. The molecule has 1 aliphatic rings. The van der Waals surface area contributed by atoms with Gasteiger partial charge in [0.15, 0.2) is 5.60 Å². The molecule has 0 radical (unpaired) electrons. The summed E-state index contributed by atoms with van der Waals surface area (Å²) in [6.45, 7) is 2.53. The highest BCUT2D eigenvalue weighted by molar-refractivity contribution is 6.03. The van der Waals surface area contributed by atoms with E-state index in [4.69, 9.17) is 14.9 Å². The second-order valence-electron chi connectivity index (χ2n) is 5.35. The summed E-state index contributed by atoms with van der Waals surface area (Å²) >= 11 is 0. The number of aliphatic hydroxyl groups is 2. The standard InChI is InChI=1S/C14H17NO6/c1-14(2)13(20)15(6-9(17)7-16)10-5-8(12(18)19)3-4-11(10)21-14/h3-5,9,16-17H,6-7H2,1-2H3,(H,18,19). The molecule has 0 saturated carbocycles. The van der Waals surface area contributed by atoms with Crippen LogP contribution < -0.4 is 9.64 Å². The van der Waals surface area contributed by atoms with E-state index in [0.717, 1.165) is 0 Å². The number of carbonyl (C=O) groups is 2. The highest BCUT2D eigenvalue weighted by Gasteiger charge is 2.41. The van der Waals surface area contributed by atoms with E-state index in [0.29, 0.717) is 5.75 Å². The number of ether oxygens (including phenoxy) is 1. The van der Waals surface area contributed by atoms with Gasteiger partial charge >= 0.3 is 5.97 Å². The van der Waals surface area contributed by atoms with Gasteiger partial charge in [-0.1, -0.05) is 0 Å². The van der Waals surface area contributed by atoms with Crippen molar-refractivity contribution in [3.8, 4) is 5.75 Å². The van der Waals surface area contributed by atoms with Crippen LogP contribution in [-0.2, 0) is 4.79 Å². The van der Waals surface area contributed by atoms with E-state index in [9.17, 15) is 14.7 Å². The zero-order valence-electron chi connectivity index (χ0n) is 11.7. The lowest BCUT2D eigenvalue weighted by molar-refractivity contribution is -0.133. The van der Waals surface area contributed by atoms with Crippen molar-refractivity contribution in [3.63, 3.8) is 0 Å². The van der Waals surface area contributed by atoms with E-state index >= 15 is 0 Å². The van der Waals surface area contributed by atoms with Crippen molar-refractivity contribution in [2.24, 2.45) is 0 Å². The fourth-order valence-electron chi connectivity index (χ4n) is 2.15. The minimum atomic E-state index is -1.13. The summed E-state index contributed by atoms with van der Waals surface area (Å²) in [6, 6.07) is 4.17. The fraction of sp³-hybridized carbons (Fsp3) is 0.429. The molecule has 1 amide bonds. The summed E-state index contributed by atoms with van der Waals surface area (Å²) < 4.78 is 5.58. The van der Waals surface area contributed by atoms with Gasteiger partial charge in [-0.05, 0) is 32.0 Å². The number of carboxylic acids is 1. The third-order valence-corrected chi connectivity index (χ3v) is 3.23. The lowest BCUT2D eigenvalue weighted by atomic mass is 10.0. The minimum absolute atomic E-state index is 0.00773. The molecule has 0 spiro atoms. The molecule has 1 aliphatic heterocycles. The molecule has 114 valence electrons. The molecule has 1 aromatic carbocycles. The van der Waals surface area contributed by atoms with Crippen LogP contribution in [0.1, 0.15) is 24.2 Å². The van der Waals surface area contributed by atoms with Gasteiger partial charge in [0.1, 0.15) is 5.75 Å². The first-order chi connectivity index (χ1) is 9.76. The molecule has 1 unspecified atom stereocenters. The topological polar surface area (TPSA) is 107 Å².